The summed E-state index contributed by atoms with van der Waals surface area (Å²) in [6.07, 6.45) is 0. The summed E-state index contributed by atoms with van der Waals surface area (Å²) >= 11 is 0. The van der Waals surface area contributed by atoms with Crippen molar-refractivity contribution in [3.8, 4) is 5.75 Å². The van der Waals surface area contributed by atoms with Gasteiger partial charge < -0.3 is 20.2 Å². The quantitative estimate of drug-likeness (QED) is 0.708. The smallest absolute Gasteiger partial charge is 0.300 e. The second-order valence-electron chi connectivity index (χ2n) is 4.33. The lowest BCUT2D eigenvalue weighted by Crippen LogP contribution is -1.93. The fourth-order valence-electron chi connectivity index (χ4n) is 1.92. The number of rotatable bonds is 4. The van der Waals surface area contributed by atoms with Crippen LogP contribution in [-0.4, -0.2) is 11.6 Å². The van der Waals surface area contributed by atoms with E-state index in [1.165, 1.54) is 0 Å². The number of oxazole rings is 1. The second-order valence-corrected chi connectivity index (χ2v) is 4.33. The predicted molar refractivity (Wildman–Crippen MR) is 79.3 cm³/mol. The summed E-state index contributed by atoms with van der Waals surface area (Å²) in [7, 11) is 0. The highest BCUT2D eigenvalue weighted by Gasteiger charge is 2.06. The Bertz CT molecular complexity index is 720. The number of benzene rings is 2. The number of hydrogen-bond donors (Lipinski definition) is 2. The van der Waals surface area contributed by atoms with E-state index in [1.54, 1.807) is 18.2 Å². The van der Waals surface area contributed by atoms with Gasteiger partial charge in [0.15, 0.2) is 5.58 Å². The molecule has 0 fully saturated rings. The number of nitrogen functional groups attached to an aromatic ring is 1. The van der Waals surface area contributed by atoms with Crippen molar-refractivity contribution in [3.05, 3.63) is 42.5 Å². The molecular formula is C15H15N3O2. The van der Waals surface area contributed by atoms with Crippen molar-refractivity contribution >= 4 is 28.5 Å². The van der Waals surface area contributed by atoms with Crippen molar-refractivity contribution < 1.29 is 9.15 Å². The van der Waals surface area contributed by atoms with Gasteiger partial charge in [-0.25, -0.2) is 0 Å². The minimum Gasteiger partial charge on any atom is -0.494 e. The molecule has 102 valence electrons. The summed E-state index contributed by atoms with van der Waals surface area (Å²) in [4.78, 5) is 4.34. The molecule has 0 radical (unpaired) electrons. The SMILES string of the molecule is CCOc1ccc(Nc2nc3cc(N)ccc3o2)cc1. The summed E-state index contributed by atoms with van der Waals surface area (Å²) in [5, 5.41) is 3.11. The monoisotopic (exact) mass is 269 g/mol. The maximum absolute atomic E-state index is 5.71. The van der Waals surface area contributed by atoms with Crippen LogP contribution in [0.25, 0.3) is 11.1 Å². The Kier molecular flexibility index (Phi) is 3.16. The standard InChI is InChI=1S/C15H15N3O2/c1-2-19-12-6-4-11(5-7-12)17-15-18-13-9-10(16)3-8-14(13)20-15/h3-9H,2,16H2,1H3,(H,17,18). The summed E-state index contributed by atoms with van der Waals surface area (Å²) in [6, 6.07) is 13.4. The third-order valence-corrected chi connectivity index (χ3v) is 2.83. The molecule has 0 atom stereocenters. The molecule has 0 saturated carbocycles. The Hall–Kier alpha value is -2.69. The first-order valence-electron chi connectivity index (χ1n) is 6.40. The molecule has 1 heterocycles. The Balaban J connectivity index is 1.81. The van der Waals surface area contributed by atoms with Crippen LogP contribution in [0.5, 0.6) is 5.75 Å². The van der Waals surface area contributed by atoms with Gasteiger partial charge in [0.25, 0.3) is 6.01 Å². The molecule has 5 nitrogen and oxygen atoms in total. The molecule has 0 unspecified atom stereocenters. The molecule has 0 aliphatic rings. The van der Waals surface area contributed by atoms with E-state index in [2.05, 4.69) is 10.3 Å². The van der Waals surface area contributed by atoms with Crippen LogP contribution in [0.1, 0.15) is 6.92 Å². The van der Waals surface area contributed by atoms with Crippen LogP contribution in [0, 0.1) is 0 Å². The normalized spacial score (nSPS) is 10.7. The van der Waals surface area contributed by atoms with Crippen molar-refractivity contribution in [2.75, 3.05) is 17.7 Å². The van der Waals surface area contributed by atoms with E-state index in [0.717, 1.165) is 17.0 Å². The van der Waals surface area contributed by atoms with E-state index in [0.29, 0.717) is 23.9 Å². The van der Waals surface area contributed by atoms with Gasteiger partial charge in [0.1, 0.15) is 11.3 Å². The molecule has 3 rings (SSSR count). The highest BCUT2D eigenvalue weighted by Crippen LogP contribution is 2.24. The molecule has 0 spiro atoms. The third-order valence-electron chi connectivity index (χ3n) is 2.83. The number of nitrogens with one attached hydrogen (secondary N) is 1. The molecule has 3 N–H and O–H groups in total. The van der Waals surface area contributed by atoms with E-state index in [1.807, 2.05) is 31.2 Å². The van der Waals surface area contributed by atoms with Gasteiger partial charge >= 0.3 is 0 Å². The van der Waals surface area contributed by atoms with E-state index in [-0.39, 0.29) is 0 Å². The van der Waals surface area contributed by atoms with Gasteiger partial charge in [-0.3, -0.25) is 0 Å². The molecule has 0 bridgehead atoms. The third kappa shape index (κ3) is 2.51. The summed E-state index contributed by atoms with van der Waals surface area (Å²) in [5.41, 5.74) is 8.70. The van der Waals surface area contributed by atoms with Crippen LogP contribution >= 0.6 is 0 Å². The summed E-state index contributed by atoms with van der Waals surface area (Å²) in [6.45, 7) is 2.61. The van der Waals surface area contributed by atoms with Crippen LogP contribution in [0.2, 0.25) is 0 Å². The van der Waals surface area contributed by atoms with E-state index < -0.39 is 0 Å². The summed E-state index contributed by atoms with van der Waals surface area (Å²) in [5.74, 6) is 0.836. The van der Waals surface area contributed by atoms with Crippen molar-refractivity contribution in [3.63, 3.8) is 0 Å². The first-order valence-corrected chi connectivity index (χ1v) is 6.40. The molecule has 5 heteroatoms. The largest absolute Gasteiger partial charge is 0.494 e. The molecule has 0 saturated heterocycles. The van der Waals surface area contributed by atoms with Gasteiger partial charge in [0.2, 0.25) is 0 Å². The minimum absolute atomic E-state index is 0.440. The number of hydrogen-bond acceptors (Lipinski definition) is 5. The number of fused-ring (bicyclic) bond motifs is 1. The highest BCUT2D eigenvalue weighted by molar-refractivity contribution is 5.78. The van der Waals surface area contributed by atoms with Crippen LogP contribution in [-0.2, 0) is 0 Å². The predicted octanol–water partition coefficient (Wildman–Crippen LogP) is 3.55. The Morgan fingerprint density at radius 3 is 2.75 bits per heavy atom. The lowest BCUT2D eigenvalue weighted by molar-refractivity contribution is 0.340. The molecule has 0 amide bonds. The lowest BCUT2D eigenvalue weighted by atomic mass is 10.3. The molecule has 3 aromatic rings. The first kappa shape index (κ1) is 12.3. The molecule has 0 aliphatic heterocycles. The van der Waals surface area contributed by atoms with Gasteiger partial charge in [-0.15, -0.1) is 0 Å². The Morgan fingerprint density at radius 2 is 2.00 bits per heavy atom. The second kappa shape index (κ2) is 5.13. The average molecular weight is 269 g/mol. The van der Waals surface area contributed by atoms with Crippen molar-refractivity contribution in [1.29, 1.82) is 0 Å². The van der Waals surface area contributed by atoms with Crippen LogP contribution in [0.3, 0.4) is 0 Å². The van der Waals surface area contributed by atoms with Crippen LogP contribution < -0.4 is 15.8 Å². The maximum Gasteiger partial charge on any atom is 0.300 e. The lowest BCUT2D eigenvalue weighted by Gasteiger charge is -2.04. The number of ether oxygens (including phenoxy) is 1. The summed E-state index contributed by atoms with van der Waals surface area (Å²) < 4.78 is 11.0. The molecule has 20 heavy (non-hydrogen) atoms. The first-order chi connectivity index (χ1) is 9.74. The van der Waals surface area contributed by atoms with Crippen LogP contribution in [0.15, 0.2) is 46.9 Å². The fraction of sp³-hybridized carbons (Fsp3) is 0.133. The van der Waals surface area contributed by atoms with Gasteiger partial charge in [-0.1, -0.05) is 0 Å². The van der Waals surface area contributed by atoms with Gasteiger partial charge in [-0.05, 0) is 49.4 Å². The van der Waals surface area contributed by atoms with Crippen molar-refractivity contribution in [2.45, 2.75) is 6.92 Å². The number of nitrogens with two attached hydrogens (primary N) is 1. The zero-order valence-electron chi connectivity index (χ0n) is 11.1. The average Bonchev–Trinajstić information content (AvgIpc) is 2.82. The van der Waals surface area contributed by atoms with Crippen molar-refractivity contribution in [1.82, 2.24) is 4.98 Å². The van der Waals surface area contributed by atoms with E-state index >= 15 is 0 Å². The minimum atomic E-state index is 0.440. The zero-order chi connectivity index (χ0) is 13.9. The molecule has 2 aromatic carbocycles. The number of aromatic nitrogens is 1. The highest BCUT2D eigenvalue weighted by atomic mass is 16.5. The van der Waals surface area contributed by atoms with E-state index in [4.69, 9.17) is 14.9 Å². The molecule has 0 aliphatic carbocycles. The Labute approximate surface area is 116 Å². The fourth-order valence-corrected chi connectivity index (χ4v) is 1.92. The number of anilines is 3. The van der Waals surface area contributed by atoms with Gasteiger partial charge in [0.05, 0.1) is 6.61 Å². The van der Waals surface area contributed by atoms with E-state index in [9.17, 15) is 0 Å². The zero-order valence-corrected chi connectivity index (χ0v) is 11.1. The van der Waals surface area contributed by atoms with Gasteiger partial charge in [-0.2, -0.15) is 4.98 Å². The molecular weight excluding hydrogens is 254 g/mol. The number of nitrogens with zero attached hydrogens (tertiary/aromatic N) is 1. The van der Waals surface area contributed by atoms with Crippen LogP contribution in [0.4, 0.5) is 17.4 Å². The molecule has 1 aromatic heterocycles. The Morgan fingerprint density at radius 1 is 1.20 bits per heavy atom. The topological polar surface area (TPSA) is 73.3 Å². The maximum atomic E-state index is 5.71. The van der Waals surface area contributed by atoms with Gasteiger partial charge in [0, 0.05) is 11.4 Å². The van der Waals surface area contributed by atoms with Crippen molar-refractivity contribution in [2.24, 2.45) is 0 Å².